The first-order valence-electron chi connectivity index (χ1n) is 6.17. The van der Waals surface area contributed by atoms with Crippen LogP contribution in [0.5, 0.6) is 0 Å². The van der Waals surface area contributed by atoms with Crippen LogP contribution in [0.3, 0.4) is 0 Å². The molecule has 0 aliphatic carbocycles. The van der Waals surface area contributed by atoms with Crippen molar-refractivity contribution in [2.24, 2.45) is 7.05 Å². The molecular formula is C15H13Cl2NO3. The molecule has 1 N–H and O–H groups in total. The molecule has 0 aliphatic rings. The van der Waals surface area contributed by atoms with Gasteiger partial charge in [-0.15, -0.1) is 0 Å². The number of halogens is 2. The maximum atomic E-state index is 12.0. The Balaban J connectivity index is 2.60. The molecule has 0 saturated heterocycles. The lowest BCUT2D eigenvalue weighted by Gasteiger charge is -2.13. The molecule has 2 aromatic rings. The second kappa shape index (κ2) is 5.92. The summed E-state index contributed by atoms with van der Waals surface area (Å²) in [5, 5.41) is 10.3. The van der Waals surface area contributed by atoms with Gasteiger partial charge in [0.15, 0.2) is 0 Å². The fourth-order valence-electron chi connectivity index (χ4n) is 2.19. The normalized spacial score (nSPS) is 10.7. The minimum Gasteiger partial charge on any atom is -0.478 e. The maximum Gasteiger partial charge on any atom is 0.337 e. The summed E-state index contributed by atoms with van der Waals surface area (Å²) >= 11 is 12.0. The Hall–Kier alpha value is -1.78. The molecule has 0 saturated carbocycles. The second-order valence-corrected chi connectivity index (χ2v) is 5.62. The third kappa shape index (κ3) is 3.12. The van der Waals surface area contributed by atoms with Crippen LogP contribution in [0.2, 0.25) is 10.0 Å². The highest BCUT2D eigenvalue weighted by atomic mass is 35.5. The number of carboxylic acids is 1. The van der Waals surface area contributed by atoms with Gasteiger partial charge in [0.25, 0.3) is 5.56 Å². The Morgan fingerprint density at radius 3 is 2.57 bits per heavy atom. The van der Waals surface area contributed by atoms with Crippen molar-refractivity contribution in [2.75, 3.05) is 0 Å². The van der Waals surface area contributed by atoms with Crippen LogP contribution in [0.15, 0.2) is 29.2 Å². The van der Waals surface area contributed by atoms with E-state index in [0.29, 0.717) is 21.2 Å². The number of aromatic nitrogens is 1. The van der Waals surface area contributed by atoms with Gasteiger partial charge < -0.3 is 9.67 Å². The zero-order valence-corrected chi connectivity index (χ0v) is 13.0. The smallest absolute Gasteiger partial charge is 0.337 e. The lowest BCUT2D eigenvalue weighted by atomic mass is 9.97. The van der Waals surface area contributed by atoms with Crippen molar-refractivity contribution < 1.29 is 9.90 Å². The van der Waals surface area contributed by atoms with Crippen LogP contribution in [0.25, 0.3) is 0 Å². The van der Waals surface area contributed by atoms with Gasteiger partial charge in [-0.05, 0) is 30.2 Å². The number of nitrogens with zero attached hydrogens (tertiary/aromatic N) is 1. The van der Waals surface area contributed by atoms with Crippen LogP contribution in [0.1, 0.15) is 27.0 Å². The summed E-state index contributed by atoms with van der Waals surface area (Å²) in [7, 11) is 1.53. The van der Waals surface area contributed by atoms with Crippen molar-refractivity contribution in [3.05, 3.63) is 67.0 Å². The molecule has 0 bridgehead atoms. The molecule has 110 valence electrons. The van der Waals surface area contributed by atoms with E-state index in [0.717, 1.165) is 5.56 Å². The Morgan fingerprint density at radius 1 is 1.33 bits per heavy atom. The number of rotatable bonds is 3. The zero-order chi connectivity index (χ0) is 15.7. The minimum atomic E-state index is -1.08. The Morgan fingerprint density at radius 2 is 2.00 bits per heavy atom. The highest BCUT2D eigenvalue weighted by Crippen LogP contribution is 2.25. The van der Waals surface area contributed by atoms with Crippen LogP contribution in [0.4, 0.5) is 0 Å². The van der Waals surface area contributed by atoms with Crippen LogP contribution >= 0.6 is 23.2 Å². The number of carbonyl (C=O) groups is 1. The average molecular weight is 326 g/mol. The summed E-state index contributed by atoms with van der Waals surface area (Å²) in [4.78, 5) is 23.4. The molecule has 0 atom stereocenters. The van der Waals surface area contributed by atoms with Gasteiger partial charge in [-0.2, -0.15) is 0 Å². The molecule has 21 heavy (non-hydrogen) atoms. The van der Waals surface area contributed by atoms with Crippen LogP contribution in [-0.4, -0.2) is 15.6 Å². The van der Waals surface area contributed by atoms with E-state index in [1.54, 1.807) is 25.1 Å². The van der Waals surface area contributed by atoms with E-state index in [1.807, 2.05) is 0 Å². The van der Waals surface area contributed by atoms with Gasteiger partial charge in [-0.3, -0.25) is 4.79 Å². The van der Waals surface area contributed by atoms with E-state index >= 15 is 0 Å². The predicted molar refractivity (Wildman–Crippen MR) is 82.6 cm³/mol. The summed E-state index contributed by atoms with van der Waals surface area (Å²) in [6.07, 6.45) is 1.59. The van der Waals surface area contributed by atoms with E-state index in [9.17, 15) is 14.7 Å². The molecular weight excluding hydrogens is 313 g/mol. The third-order valence-electron chi connectivity index (χ3n) is 3.35. The molecule has 0 fully saturated rings. The Kier molecular flexibility index (Phi) is 4.40. The standard InChI is InChI=1S/C15H13Cl2NO3/c1-8-11(5-9-3-4-10(16)6-13(9)17)12(15(20)21)7-18(2)14(8)19/h3-4,6-7H,5H2,1-2H3,(H,20,21). The average Bonchev–Trinajstić information content (AvgIpc) is 2.41. The summed E-state index contributed by atoms with van der Waals surface area (Å²) in [6, 6.07) is 5.00. The van der Waals surface area contributed by atoms with E-state index in [4.69, 9.17) is 23.2 Å². The molecule has 0 radical (unpaired) electrons. The number of pyridine rings is 1. The van der Waals surface area contributed by atoms with Gasteiger partial charge in [-0.1, -0.05) is 29.3 Å². The first-order chi connectivity index (χ1) is 9.81. The van der Waals surface area contributed by atoms with Gasteiger partial charge in [0.2, 0.25) is 0 Å². The van der Waals surface area contributed by atoms with Gasteiger partial charge >= 0.3 is 5.97 Å². The van der Waals surface area contributed by atoms with Crippen molar-refractivity contribution in [3.8, 4) is 0 Å². The van der Waals surface area contributed by atoms with E-state index in [-0.39, 0.29) is 17.5 Å². The van der Waals surface area contributed by atoms with E-state index < -0.39 is 5.97 Å². The van der Waals surface area contributed by atoms with Crippen LogP contribution < -0.4 is 5.56 Å². The molecule has 1 aromatic carbocycles. The molecule has 1 aromatic heterocycles. The number of benzene rings is 1. The number of hydrogen-bond acceptors (Lipinski definition) is 2. The van der Waals surface area contributed by atoms with Crippen molar-refractivity contribution in [3.63, 3.8) is 0 Å². The number of hydrogen-bond donors (Lipinski definition) is 1. The van der Waals surface area contributed by atoms with Gasteiger partial charge in [0.05, 0.1) is 5.56 Å². The highest BCUT2D eigenvalue weighted by Gasteiger charge is 2.17. The first-order valence-corrected chi connectivity index (χ1v) is 6.93. The molecule has 2 rings (SSSR count). The fraction of sp³-hybridized carbons (Fsp3) is 0.200. The lowest BCUT2D eigenvalue weighted by Crippen LogP contribution is -2.24. The summed E-state index contributed by atoms with van der Waals surface area (Å²) in [6.45, 7) is 1.62. The number of aryl methyl sites for hydroxylation is 1. The Bertz CT molecular complexity index is 781. The Labute approximate surface area is 131 Å². The quantitative estimate of drug-likeness (QED) is 0.941. The predicted octanol–water partition coefficient (Wildman–Crippen LogP) is 3.29. The molecule has 1 heterocycles. The van der Waals surface area contributed by atoms with Gasteiger partial charge in [-0.25, -0.2) is 4.79 Å². The first kappa shape index (κ1) is 15.6. The molecule has 0 amide bonds. The van der Waals surface area contributed by atoms with Crippen molar-refractivity contribution >= 4 is 29.2 Å². The summed E-state index contributed by atoms with van der Waals surface area (Å²) < 4.78 is 1.27. The zero-order valence-electron chi connectivity index (χ0n) is 11.5. The molecule has 0 aliphatic heterocycles. The lowest BCUT2D eigenvalue weighted by molar-refractivity contribution is 0.0694. The summed E-state index contributed by atoms with van der Waals surface area (Å²) in [5.74, 6) is -1.08. The van der Waals surface area contributed by atoms with Crippen LogP contribution in [0, 0.1) is 6.92 Å². The summed E-state index contributed by atoms with van der Waals surface area (Å²) in [5.41, 5.74) is 1.47. The topological polar surface area (TPSA) is 59.3 Å². The monoisotopic (exact) mass is 325 g/mol. The molecule has 6 heteroatoms. The second-order valence-electron chi connectivity index (χ2n) is 4.78. The SMILES string of the molecule is Cc1c(Cc2ccc(Cl)cc2Cl)c(C(=O)O)cn(C)c1=O. The largest absolute Gasteiger partial charge is 0.478 e. The number of carboxylic acid groups (broad SMARTS) is 1. The van der Waals surface area contributed by atoms with Gasteiger partial charge in [0.1, 0.15) is 0 Å². The van der Waals surface area contributed by atoms with E-state index in [2.05, 4.69) is 0 Å². The highest BCUT2D eigenvalue weighted by molar-refractivity contribution is 6.35. The fourth-order valence-corrected chi connectivity index (χ4v) is 2.67. The van der Waals surface area contributed by atoms with Crippen molar-refractivity contribution in [1.82, 2.24) is 4.57 Å². The maximum absolute atomic E-state index is 12.0. The molecule has 0 spiro atoms. The van der Waals surface area contributed by atoms with E-state index in [1.165, 1.54) is 17.8 Å². The minimum absolute atomic E-state index is 0.0978. The number of aromatic carboxylic acids is 1. The molecule has 4 nitrogen and oxygen atoms in total. The van der Waals surface area contributed by atoms with Crippen LogP contribution in [-0.2, 0) is 13.5 Å². The van der Waals surface area contributed by atoms with Gasteiger partial charge in [0, 0.05) is 35.3 Å². The van der Waals surface area contributed by atoms with Crippen molar-refractivity contribution in [1.29, 1.82) is 0 Å². The third-order valence-corrected chi connectivity index (χ3v) is 3.94. The van der Waals surface area contributed by atoms with Crippen molar-refractivity contribution in [2.45, 2.75) is 13.3 Å². The molecule has 0 unspecified atom stereocenters.